The van der Waals surface area contributed by atoms with E-state index >= 15 is 0 Å². The Morgan fingerprint density at radius 1 is 0.521 bits per heavy atom. The van der Waals surface area contributed by atoms with E-state index in [2.05, 4.69) is 151 Å². The van der Waals surface area contributed by atoms with E-state index in [0.29, 0.717) is 11.0 Å². The Balaban J connectivity index is 1.17. The minimum Gasteiger partial charge on any atom is -0.456 e. The summed E-state index contributed by atoms with van der Waals surface area (Å²) in [6, 6.07) is 54.3. The van der Waals surface area contributed by atoms with Crippen molar-refractivity contribution in [1.82, 2.24) is 4.57 Å². The van der Waals surface area contributed by atoms with Gasteiger partial charge in [-0.05, 0) is 82.2 Å². The largest absolute Gasteiger partial charge is 0.456 e. The van der Waals surface area contributed by atoms with Gasteiger partial charge in [-0.1, -0.05) is 115 Å². The van der Waals surface area contributed by atoms with E-state index in [0.717, 1.165) is 35.1 Å². The quantitative estimate of drug-likeness (QED) is 0.201. The zero-order chi connectivity index (χ0) is 32.0. The molecule has 1 unspecified atom stereocenters. The molecule has 1 radical (unpaired) electrons. The SMILES string of the molecule is CC1(c2cccc3c2oc2c([B]O)cccc23)c2ccccc2-c2cc(-c3ccc4c(c3)c3ccccc3n4-c3ccccc3)ccc21. The first-order valence-electron chi connectivity index (χ1n) is 16.4. The van der Waals surface area contributed by atoms with Crippen LogP contribution in [0.15, 0.2) is 156 Å². The van der Waals surface area contributed by atoms with Crippen molar-refractivity contribution in [3.8, 4) is 27.9 Å². The second kappa shape index (κ2) is 10.1. The van der Waals surface area contributed by atoms with Gasteiger partial charge in [0.15, 0.2) is 0 Å². The number of hydrogen-bond acceptors (Lipinski definition) is 2. The molecule has 0 bridgehead atoms. The molecule has 10 rings (SSSR count). The number of furan rings is 1. The molecule has 4 heteroatoms. The molecule has 48 heavy (non-hydrogen) atoms. The van der Waals surface area contributed by atoms with E-state index in [9.17, 15) is 5.02 Å². The first kappa shape index (κ1) is 27.3. The fourth-order valence-electron chi connectivity index (χ4n) is 8.32. The van der Waals surface area contributed by atoms with Gasteiger partial charge in [-0.3, -0.25) is 0 Å². The number of aromatic nitrogens is 1. The van der Waals surface area contributed by atoms with Crippen LogP contribution in [0.3, 0.4) is 0 Å². The van der Waals surface area contributed by atoms with E-state index < -0.39 is 5.41 Å². The standard InChI is InChI=1S/C44H29BNO2/c1-44(38-18-9-15-32-33-16-10-19-39(45-47)43(33)48-42(32)38)36-17-7-5-13-30(36)34-25-27(21-23-37(34)44)28-22-24-41-35(26-28)31-14-6-8-20-40(31)46(41)29-11-3-2-4-12-29/h2-26,47H,1H3. The smallest absolute Gasteiger partial charge is 0.330 e. The summed E-state index contributed by atoms with van der Waals surface area (Å²) in [5.41, 5.74) is 13.9. The van der Waals surface area contributed by atoms with Crippen molar-refractivity contribution >= 4 is 56.7 Å². The Hall–Kier alpha value is -5.84. The van der Waals surface area contributed by atoms with Gasteiger partial charge in [0.1, 0.15) is 11.2 Å². The number of benzene rings is 7. The van der Waals surface area contributed by atoms with Gasteiger partial charge in [0.05, 0.1) is 11.0 Å². The molecule has 2 aromatic heterocycles. The molecule has 1 aliphatic carbocycles. The van der Waals surface area contributed by atoms with Crippen LogP contribution in [0.5, 0.6) is 0 Å². The Bertz CT molecular complexity index is 2740. The number of fused-ring (bicyclic) bond motifs is 9. The molecule has 1 N–H and O–H groups in total. The topological polar surface area (TPSA) is 38.3 Å². The van der Waals surface area contributed by atoms with E-state index in [1.54, 1.807) is 0 Å². The van der Waals surface area contributed by atoms with Gasteiger partial charge >= 0.3 is 7.48 Å². The number of rotatable bonds is 4. The summed E-state index contributed by atoms with van der Waals surface area (Å²) in [6.45, 7) is 2.32. The van der Waals surface area contributed by atoms with Gasteiger partial charge < -0.3 is 14.0 Å². The van der Waals surface area contributed by atoms with Crippen LogP contribution in [0, 0.1) is 0 Å². The van der Waals surface area contributed by atoms with Crippen LogP contribution in [0.25, 0.3) is 71.7 Å². The van der Waals surface area contributed by atoms with Crippen molar-refractivity contribution in [1.29, 1.82) is 0 Å². The summed E-state index contributed by atoms with van der Waals surface area (Å²) in [7, 11) is 1.13. The Labute approximate surface area is 278 Å². The number of nitrogens with zero attached hydrogens (tertiary/aromatic N) is 1. The van der Waals surface area contributed by atoms with E-state index in [1.807, 2.05) is 12.1 Å². The van der Waals surface area contributed by atoms with Crippen molar-refractivity contribution < 1.29 is 9.44 Å². The lowest BCUT2D eigenvalue weighted by molar-refractivity contribution is 0.612. The molecule has 225 valence electrons. The zero-order valence-electron chi connectivity index (χ0n) is 26.3. The van der Waals surface area contributed by atoms with E-state index in [1.165, 1.54) is 55.2 Å². The highest BCUT2D eigenvalue weighted by Gasteiger charge is 2.42. The molecule has 3 nitrogen and oxygen atoms in total. The maximum absolute atomic E-state index is 9.95. The van der Waals surface area contributed by atoms with Crippen LogP contribution in [0.1, 0.15) is 23.6 Å². The van der Waals surface area contributed by atoms with Gasteiger partial charge in [0, 0.05) is 38.2 Å². The summed E-state index contributed by atoms with van der Waals surface area (Å²) in [6.07, 6.45) is 0. The molecule has 1 aliphatic rings. The van der Waals surface area contributed by atoms with Gasteiger partial charge in [-0.15, -0.1) is 0 Å². The van der Waals surface area contributed by atoms with Crippen molar-refractivity contribution in [2.24, 2.45) is 0 Å². The van der Waals surface area contributed by atoms with Crippen LogP contribution in [0.4, 0.5) is 0 Å². The molecule has 2 heterocycles. The molecule has 0 saturated carbocycles. The van der Waals surface area contributed by atoms with Crippen LogP contribution >= 0.6 is 0 Å². The third kappa shape index (κ3) is 3.64. The maximum atomic E-state index is 9.95. The maximum Gasteiger partial charge on any atom is 0.330 e. The number of hydrogen-bond donors (Lipinski definition) is 1. The number of para-hydroxylation sites is 4. The first-order chi connectivity index (χ1) is 23.6. The predicted molar refractivity (Wildman–Crippen MR) is 199 cm³/mol. The van der Waals surface area contributed by atoms with Gasteiger partial charge in [0.25, 0.3) is 0 Å². The molecule has 0 spiro atoms. The van der Waals surface area contributed by atoms with E-state index in [4.69, 9.17) is 4.42 Å². The highest BCUT2D eigenvalue weighted by Crippen LogP contribution is 2.55. The molecule has 0 saturated heterocycles. The summed E-state index contributed by atoms with van der Waals surface area (Å²) < 4.78 is 8.98. The van der Waals surface area contributed by atoms with Crippen molar-refractivity contribution in [3.63, 3.8) is 0 Å². The highest BCUT2D eigenvalue weighted by molar-refractivity contribution is 6.50. The Morgan fingerprint density at radius 3 is 2.04 bits per heavy atom. The minimum absolute atomic E-state index is 0.437. The Morgan fingerprint density at radius 2 is 1.17 bits per heavy atom. The minimum atomic E-state index is -0.437. The summed E-state index contributed by atoms with van der Waals surface area (Å²) in [5.74, 6) is 0. The highest BCUT2D eigenvalue weighted by atomic mass is 16.3. The van der Waals surface area contributed by atoms with Gasteiger partial charge in [-0.25, -0.2) is 0 Å². The molecule has 0 amide bonds. The van der Waals surface area contributed by atoms with Crippen molar-refractivity contribution in [2.45, 2.75) is 12.3 Å². The molecule has 1 atom stereocenters. The molecular weight excluding hydrogens is 585 g/mol. The monoisotopic (exact) mass is 614 g/mol. The van der Waals surface area contributed by atoms with Gasteiger partial charge in [0.2, 0.25) is 0 Å². The van der Waals surface area contributed by atoms with Crippen LogP contribution in [0.2, 0.25) is 0 Å². The van der Waals surface area contributed by atoms with Crippen LogP contribution < -0.4 is 5.46 Å². The second-order valence-corrected chi connectivity index (χ2v) is 13.0. The fourth-order valence-corrected chi connectivity index (χ4v) is 8.32. The molecule has 9 aromatic rings. The van der Waals surface area contributed by atoms with Crippen molar-refractivity contribution in [3.05, 3.63) is 168 Å². The van der Waals surface area contributed by atoms with Crippen LogP contribution in [-0.2, 0) is 5.41 Å². The normalized spacial score (nSPS) is 15.4. The lowest BCUT2D eigenvalue weighted by Crippen LogP contribution is -2.22. The molecule has 0 aliphatic heterocycles. The average Bonchev–Trinajstić information content (AvgIpc) is 3.78. The lowest BCUT2D eigenvalue weighted by Gasteiger charge is -2.28. The van der Waals surface area contributed by atoms with Gasteiger partial charge in [-0.2, -0.15) is 0 Å². The Kier molecular flexibility index (Phi) is 5.73. The van der Waals surface area contributed by atoms with E-state index in [-0.39, 0.29) is 0 Å². The third-order valence-corrected chi connectivity index (χ3v) is 10.6. The lowest BCUT2D eigenvalue weighted by atomic mass is 9.73. The molecule has 7 aromatic carbocycles. The summed E-state index contributed by atoms with van der Waals surface area (Å²) in [4.78, 5) is 0. The first-order valence-corrected chi connectivity index (χ1v) is 16.4. The summed E-state index contributed by atoms with van der Waals surface area (Å²) >= 11 is 0. The van der Waals surface area contributed by atoms with Crippen molar-refractivity contribution in [2.75, 3.05) is 0 Å². The fraction of sp³-hybridized carbons (Fsp3) is 0.0455. The predicted octanol–water partition coefficient (Wildman–Crippen LogP) is 9.92. The third-order valence-electron chi connectivity index (χ3n) is 10.6. The molecule has 0 fully saturated rings. The second-order valence-electron chi connectivity index (χ2n) is 13.0. The molecular formula is C44H29BNO2. The average molecular weight is 615 g/mol. The van der Waals surface area contributed by atoms with Crippen LogP contribution in [-0.4, -0.2) is 17.1 Å². The zero-order valence-corrected chi connectivity index (χ0v) is 26.3. The summed E-state index contributed by atoms with van der Waals surface area (Å²) in [5, 5.41) is 14.5.